The standard InChI is InChI=1S/C29H33NO2.3CO.Cr/c1-19(30(2)3)23-11-6-7-13-25(23)28(26-14-8-10-21-9-4-5-12-24(21)26)32-29(31)27-18-20-15-16-22(27)17-20;3*1-2;/h4-14,19-20,22,27-28H,15-18H2,1-3H3;;;;/t19-,20-,22+,27+,28-;;;;/m1..../s1. The second kappa shape index (κ2) is 16.9. The van der Waals surface area contributed by atoms with Gasteiger partial charge in [0.05, 0.1) is 5.92 Å². The molecule has 2 fully saturated rings. The number of fused-ring (bicyclic) bond motifs is 3. The van der Waals surface area contributed by atoms with Gasteiger partial charge in [0.1, 0.15) is 0 Å². The minimum Gasteiger partial charge on any atom is 0 e. The summed E-state index contributed by atoms with van der Waals surface area (Å²) in [7, 11) is 4.19. The van der Waals surface area contributed by atoms with Crippen LogP contribution in [0.3, 0.4) is 0 Å². The second-order valence-electron chi connectivity index (χ2n) is 9.94. The topological polar surface area (TPSA) is 89.2 Å². The van der Waals surface area contributed by atoms with Crippen LogP contribution in [0.15, 0.2) is 66.7 Å². The molecule has 3 aromatic carbocycles. The van der Waals surface area contributed by atoms with Crippen molar-refractivity contribution in [3.63, 3.8) is 0 Å². The van der Waals surface area contributed by atoms with Crippen LogP contribution in [-0.4, -0.2) is 25.0 Å². The summed E-state index contributed by atoms with van der Waals surface area (Å²) in [5.74, 6) is 1.28. The summed E-state index contributed by atoms with van der Waals surface area (Å²) in [6, 6.07) is 23.4. The van der Waals surface area contributed by atoms with E-state index < -0.39 is 6.10 Å². The molecule has 2 bridgehead atoms. The van der Waals surface area contributed by atoms with Crippen LogP contribution in [0.4, 0.5) is 0 Å². The molecule has 0 aromatic heterocycles. The third-order valence-electron chi connectivity index (χ3n) is 7.88. The van der Waals surface area contributed by atoms with Gasteiger partial charge >= 0.3 is 39.9 Å². The van der Waals surface area contributed by atoms with E-state index in [1.807, 2.05) is 0 Å². The first kappa shape index (κ1) is 34.1. The van der Waals surface area contributed by atoms with Gasteiger partial charge in [-0.15, -0.1) is 0 Å². The summed E-state index contributed by atoms with van der Waals surface area (Å²) in [6.45, 7) is 15.7. The first-order valence-corrected chi connectivity index (χ1v) is 12.6. The third kappa shape index (κ3) is 7.83. The molecule has 5 rings (SSSR count). The zero-order valence-corrected chi connectivity index (χ0v) is 23.7. The molecule has 0 amide bonds. The van der Waals surface area contributed by atoms with Crippen LogP contribution in [0, 0.1) is 37.7 Å². The van der Waals surface area contributed by atoms with Crippen LogP contribution in [-0.2, 0) is 40.8 Å². The molecule has 0 aliphatic heterocycles. The fourth-order valence-electron chi connectivity index (χ4n) is 5.92. The summed E-state index contributed by atoms with van der Waals surface area (Å²) in [5, 5.41) is 2.32. The van der Waals surface area contributed by atoms with E-state index in [4.69, 9.17) is 18.7 Å². The van der Waals surface area contributed by atoms with E-state index in [0.29, 0.717) is 5.92 Å². The number of nitrogens with zero attached hydrogens (tertiary/aromatic N) is 1. The number of hydrogen-bond donors (Lipinski definition) is 0. The monoisotopic (exact) mass is 563 g/mol. The molecule has 39 heavy (non-hydrogen) atoms. The molecule has 0 unspecified atom stereocenters. The number of benzene rings is 3. The fraction of sp³-hybridized carbons (Fsp3) is 0.375. The number of hydrogen-bond acceptors (Lipinski definition) is 3. The molecule has 6 nitrogen and oxygen atoms in total. The molecule has 0 heterocycles. The Balaban J connectivity index is 0.00000102. The van der Waals surface area contributed by atoms with Crippen LogP contribution in [0.25, 0.3) is 10.8 Å². The van der Waals surface area contributed by atoms with Crippen molar-refractivity contribution in [2.24, 2.45) is 17.8 Å². The normalized spacial score (nSPS) is 19.9. The minimum atomic E-state index is -0.411. The van der Waals surface area contributed by atoms with Gasteiger partial charge in [0.25, 0.3) is 0 Å². The zero-order valence-electron chi connectivity index (χ0n) is 22.5. The molecule has 2 aliphatic carbocycles. The molecule has 0 saturated heterocycles. The molecule has 5 atom stereocenters. The van der Waals surface area contributed by atoms with Crippen LogP contribution >= 0.6 is 0 Å². The Morgan fingerprint density at radius 1 is 0.821 bits per heavy atom. The Hall–Kier alpha value is -2.90. The van der Waals surface area contributed by atoms with Gasteiger partial charge in [0.15, 0.2) is 6.10 Å². The van der Waals surface area contributed by atoms with Crippen molar-refractivity contribution in [2.45, 2.75) is 44.8 Å². The number of carbonyl (C=O) groups excluding carboxylic acids is 1. The fourth-order valence-corrected chi connectivity index (χ4v) is 5.92. The first-order chi connectivity index (χ1) is 18.5. The first-order valence-electron chi connectivity index (χ1n) is 12.6. The van der Waals surface area contributed by atoms with Gasteiger partial charge in [0, 0.05) is 34.5 Å². The molecule has 2 saturated carbocycles. The molecule has 0 N–H and O–H groups in total. The Morgan fingerprint density at radius 3 is 1.97 bits per heavy atom. The van der Waals surface area contributed by atoms with Gasteiger partial charge in [-0.05, 0) is 68.5 Å². The van der Waals surface area contributed by atoms with Crippen molar-refractivity contribution in [2.75, 3.05) is 14.1 Å². The van der Waals surface area contributed by atoms with Crippen LogP contribution in [0.5, 0.6) is 0 Å². The van der Waals surface area contributed by atoms with E-state index in [-0.39, 0.29) is 35.3 Å². The van der Waals surface area contributed by atoms with E-state index in [1.165, 1.54) is 30.2 Å². The van der Waals surface area contributed by atoms with E-state index >= 15 is 0 Å². The number of ether oxygens (including phenoxy) is 1. The number of carbonyl (C=O) groups is 1. The zero-order chi connectivity index (χ0) is 28.2. The minimum absolute atomic E-state index is 0. The summed E-state index contributed by atoms with van der Waals surface area (Å²) in [4.78, 5) is 15.7. The van der Waals surface area contributed by atoms with Crippen molar-refractivity contribution in [1.82, 2.24) is 4.90 Å². The molecule has 0 radical (unpaired) electrons. The van der Waals surface area contributed by atoms with Crippen molar-refractivity contribution in [1.29, 1.82) is 0 Å². The molecular formula is C32H33CrNO5. The van der Waals surface area contributed by atoms with E-state index in [1.54, 1.807) is 0 Å². The van der Waals surface area contributed by atoms with Gasteiger partial charge in [-0.25, -0.2) is 0 Å². The maximum absolute atomic E-state index is 13.5. The summed E-state index contributed by atoms with van der Waals surface area (Å²) < 4.78 is 29.0. The quantitative estimate of drug-likeness (QED) is 0.197. The molecule has 0 spiro atoms. The predicted octanol–water partition coefficient (Wildman–Crippen LogP) is 6.42. The average molecular weight is 564 g/mol. The Morgan fingerprint density at radius 2 is 1.38 bits per heavy atom. The Kier molecular flexibility index (Phi) is 14.8. The molecule has 3 aromatic rings. The SMILES string of the molecule is C[C@H](c1ccccc1[C@@H](OC(=O)[C@H]1C[C@@H]2CC[C@H]1C2)c1cccc2ccccc12)N(C)C.[C-]#[O+].[C-]#[O+].[C-]#[O+].[Cr]. The predicted molar refractivity (Wildman–Crippen MR) is 141 cm³/mol. The van der Waals surface area contributed by atoms with Gasteiger partial charge in [-0.2, -0.15) is 0 Å². The maximum atomic E-state index is 13.5. The van der Waals surface area contributed by atoms with Gasteiger partial charge in [0.2, 0.25) is 0 Å². The van der Waals surface area contributed by atoms with E-state index in [9.17, 15) is 4.79 Å². The smallest absolute Gasteiger partial charge is 0 e. The third-order valence-corrected chi connectivity index (χ3v) is 7.88. The van der Waals surface area contributed by atoms with Gasteiger partial charge < -0.3 is 9.64 Å². The van der Waals surface area contributed by atoms with Crippen LogP contribution < -0.4 is 0 Å². The maximum Gasteiger partial charge on any atom is 0 e. The number of esters is 1. The summed E-state index contributed by atoms with van der Waals surface area (Å²) >= 11 is 0. The summed E-state index contributed by atoms with van der Waals surface area (Å²) in [5.41, 5.74) is 3.36. The van der Waals surface area contributed by atoms with E-state index in [0.717, 1.165) is 28.9 Å². The molecule has 2 aliphatic rings. The molecule has 7 heteroatoms. The largest absolute Gasteiger partial charge is 0 e. The van der Waals surface area contributed by atoms with Crippen molar-refractivity contribution in [3.8, 4) is 0 Å². The average Bonchev–Trinajstić information content (AvgIpc) is 3.63. The Bertz CT molecular complexity index is 1250. The van der Waals surface area contributed by atoms with Gasteiger partial charge in [-0.1, -0.05) is 73.2 Å². The molecular weight excluding hydrogens is 530 g/mol. The number of rotatable bonds is 6. The van der Waals surface area contributed by atoms with E-state index in [2.05, 4.69) is 113 Å². The van der Waals surface area contributed by atoms with Crippen LogP contribution in [0.2, 0.25) is 0 Å². The van der Waals surface area contributed by atoms with Crippen molar-refractivity contribution in [3.05, 3.63) is 103 Å². The van der Waals surface area contributed by atoms with Crippen molar-refractivity contribution < 1.29 is 40.8 Å². The molecule has 202 valence electrons. The van der Waals surface area contributed by atoms with Crippen molar-refractivity contribution >= 4 is 16.7 Å². The van der Waals surface area contributed by atoms with Crippen LogP contribution in [0.1, 0.15) is 61.4 Å². The second-order valence-corrected chi connectivity index (χ2v) is 9.94. The van der Waals surface area contributed by atoms with Gasteiger partial charge in [-0.3, -0.25) is 4.79 Å². The Labute approximate surface area is 242 Å². The summed E-state index contributed by atoms with van der Waals surface area (Å²) in [6.07, 6.45) is 4.25.